The summed E-state index contributed by atoms with van der Waals surface area (Å²) in [5.74, 6) is -2.21. The molecule has 6 unspecified atom stereocenters. The summed E-state index contributed by atoms with van der Waals surface area (Å²) in [6.45, 7) is 16.9. The fraction of sp³-hybridized carbons (Fsp3) is 0.943. The third-order valence-corrected chi connectivity index (χ3v) is 21.5. The van der Waals surface area contributed by atoms with Crippen LogP contribution in [0.1, 0.15) is 305 Å². The van der Waals surface area contributed by atoms with Gasteiger partial charge in [0.15, 0.2) is 18.9 Å². The van der Waals surface area contributed by atoms with Crippen molar-refractivity contribution in [2.75, 3.05) is 119 Å². The van der Waals surface area contributed by atoms with Crippen molar-refractivity contribution in [2.24, 2.45) is 23.2 Å². The molecule has 3 aliphatic rings. The highest BCUT2D eigenvalue weighted by atomic mass is 16.7. The number of amides is 5. The highest BCUT2D eigenvalue weighted by Crippen LogP contribution is 2.30. The lowest BCUT2D eigenvalue weighted by molar-refractivity contribution is -0.282. The Morgan fingerprint density at radius 3 is 0.776 bits per heavy atom. The molecule has 116 heavy (non-hydrogen) atoms. The van der Waals surface area contributed by atoms with Crippen LogP contribution >= 0.6 is 0 Å². The van der Waals surface area contributed by atoms with Crippen LogP contribution in [-0.2, 0) is 71.3 Å². The van der Waals surface area contributed by atoms with Crippen molar-refractivity contribution in [3.8, 4) is 0 Å². The third kappa shape index (κ3) is 53.5. The second-order valence-electron chi connectivity index (χ2n) is 34.3. The van der Waals surface area contributed by atoms with E-state index in [9.17, 15) is 69.9 Å². The number of methoxy groups -OCH3 is 1. The summed E-state index contributed by atoms with van der Waals surface area (Å²) in [5, 5.41) is 105. The van der Waals surface area contributed by atoms with Crippen molar-refractivity contribution < 1.29 is 117 Å². The topological polar surface area (TPSA) is 420 Å². The summed E-state index contributed by atoms with van der Waals surface area (Å²) in [6.07, 6.45) is 24.4. The molecule has 29 heteroatoms. The molecule has 684 valence electrons. The van der Waals surface area contributed by atoms with Crippen molar-refractivity contribution in [3.63, 3.8) is 0 Å². The number of aliphatic hydroxyl groups is 9. The van der Waals surface area contributed by atoms with Crippen LogP contribution in [0.5, 0.6) is 0 Å². The molecule has 0 saturated carbocycles. The van der Waals surface area contributed by atoms with Crippen LogP contribution < -0.4 is 26.6 Å². The average Bonchev–Trinajstić information content (AvgIpc) is 0.839. The van der Waals surface area contributed by atoms with E-state index in [4.69, 9.17) is 47.4 Å². The van der Waals surface area contributed by atoms with E-state index in [1.807, 2.05) is 0 Å². The molecule has 0 bridgehead atoms. The van der Waals surface area contributed by atoms with Crippen LogP contribution in [0.15, 0.2) is 0 Å². The number of nitrogens with one attached hydrogen (secondary N) is 5. The van der Waals surface area contributed by atoms with E-state index < -0.39 is 117 Å². The van der Waals surface area contributed by atoms with Gasteiger partial charge in [-0.3, -0.25) is 24.0 Å². The zero-order valence-electron chi connectivity index (χ0n) is 73.1. The van der Waals surface area contributed by atoms with Crippen LogP contribution in [0.3, 0.4) is 0 Å². The lowest BCUT2D eigenvalue weighted by atomic mass is 9.92. The second kappa shape index (κ2) is 69.0. The first-order valence-corrected chi connectivity index (χ1v) is 45.1. The predicted octanol–water partition coefficient (Wildman–Crippen LogP) is 8.93. The van der Waals surface area contributed by atoms with Crippen molar-refractivity contribution in [1.29, 1.82) is 0 Å². The van der Waals surface area contributed by atoms with E-state index in [1.165, 1.54) is 0 Å². The molecule has 5 amide bonds. The number of carbonyl (C=O) groups excluding carboxylic acids is 5. The summed E-state index contributed by atoms with van der Waals surface area (Å²) in [5.41, 5.74) is -0.792. The van der Waals surface area contributed by atoms with Gasteiger partial charge in [0, 0.05) is 110 Å². The van der Waals surface area contributed by atoms with Crippen LogP contribution in [-0.4, -0.2) is 274 Å². The van der Waals surface area contributed by atoms with Crippen LogP contribution in [0, 0.1) is 23.2 Å². The van der Waals surface area contributed by atoms with E-state index >= 15 is 0 Å². The lowest BCUT2D eigenvalue weighted by Gasteiger charge is -2.40. The van der Waals surface area contributed by atoms with Crippen LogP contribution in [0.25, 0.3) is 0 Å². The molecular formula is C87H167N5O24. The van der Waals surface area contributed by atoms with Gasteiger partial charge in [-0.15, -0.1) is 0 Å². The maximum absolute atomic E-state index is 13.9. The number of carbonyl (C=O) groups is 5. The molecule has 0 aliphatic carbocycles. The fourth-order valence-corrected chi connectivity index (χ4v) is 14.0. The number of hydrogen-bond acceptors (Lipinski definition) is 24. The molecular weight excluding hydrogens is 1500 g/mol. The van der Waals surface area contributed by atoms with Crippen molar-refractivity contribution in [2.45, 2.75) is 385 Å². The predicted molar refractivity (Wildman–Crippen MR) is 446 cm³/mol. The number of hydrogen-bond donors (Lipinski definition) is 14. The summed E-state index contributed by atoms with van der Waals surface area (Å²) in [6, 6.07) is 0. The molecule has 15 atom stereocenters. The SMILES string of the molecule is CC(C)(C)C.COCCCCCCNC(=O)CCCC(=O)NC(COCCC(=O)NCCCCCCCCCCCCO[C@@H]1OC(CO)[C@H](O)[C@H](O)C1C)(COCCC(=O)NCCCCCCCCCCCCO[C@@H]1OC(CO)[C@H](O)[C@H](O)C1C)COCCC(=O)NCCCCCCCCCCCCO[C@@H]1OC(CO)[C@H](O)[C@H](O)C1C. The zero-order valence-corrected chi connectivity index (χ0v) is 73.1. The lowest BCUT2D eigenvalue weighted by Crippen LogP contribution is -2.58. The maximum atomic E-state index is 13.9. The smallest absolute Gasteiger partial charge is 0.222 e. The minimum Gasteiger partial charge on any atom is -0.394 e. The average molecular weight is 1670 g/mol. The van der Waals surface area contributed by atoms with Gasteiger partial charge in [0.2, 0.25) is 29.5 Å². The molecule has 14 N–H and O–H groups in total. The highest BCUT2D eigenvalue weighted by molar-refractivity contribution is 5.79. The molecule has 3 saturated heterocycles. The van der Waals surface area contributed by atoms with E-state index in [-0.39, 0.29) is 108 Å². The first-order valence-electron chi connectivity index (χ1n) is 45.1. The molecule has 0 spiro atoms. The van der Waals surface area contributed by atoms with Gasteiger partial charge < -0.3 is 120 Å². The third-order valence-electron chi connectivity index (χ3n) is 21.5. The largest absolute Gasteiger partial charge is 0.394 e. The second-order valence-corrected chi connectivity index (χ2v) is 34.3. The maximum Gasteiger partial charge on any atom is 0.222 e. The van der Waals surface area contributed by atoms with Crippen molar-refractivity contribution in [1.82, 2.24) is 26.6 Å². The van der Waals surface area contributed by atoms with Gasteiger partial charge in [-0.25, -0.2) is 0 Å². The quantitative estimate of drug-likeness (QED) is 0.0253. The highest BCUT2D eigenvalue weighted by Gasteiger charge is 2.45. The molecule has 0 aromatic rings. The minimum atomic E-state index is -1.29. The summed E-state index contributed by atoms with van der Waals surface area (Å²) in [7, 11) is 1.68. The number of aliphatic hydroxyl groups excluding tert-OH is 9. The first kappa shape index (κ1) is 109. The zero-order chi connectivity index (χ0) is 85.5. The van der Waals surface area contributed by atoms with Crippen molar-refractivity contribution in [3.05, 3.63) is 0 Å². The first-order chi connectivity index (χ1) is 55.8. The summed E-state index contributed by atoms with van der Waals surface area (Å²) in [4.78, 5) is 66.0. The molecule has 0 aromatic heterocycles. The van der Waals surface area contributed by atoms with Gasteiger partial charge in [-0.05, 0) is 63.2 Å². The van der Waals surface area contributed by atoms with Crippen LogP contribution in [0.4, 0.5) is 0 Å². The molecule has 3 rings (SSSR count). The Hall–Kier alpha value is -3.41. The Morgan fingerprint density at radius 1 is 0.302 bits per heavy atom. The molecule has 0 aromatic carbocycles. The fourth-order valence-electron chi connectivity index (χ4n) is 14.0. The van der Waals surface area contributed by atoms with Crippen molar-refractivity contribution >= 4 is 29.5 Å². The standard InChI is InChI=1S/C82H155N5O24.C5H12/c1-62-73(96)76(99)65(56-88)109-79(62)106-50-36-27-20-14-8-5-11-17-23-31-46-84-69(92)42-53-103-59-82(87-72(95)41-39-40-68(91)83-45-34-26-30-35-49-102-4,60-104-54-43-70(93)85-47-32-24-18-12-6-9-15-21-28-37-51-107-80-63(2)74(97)77(100)66(57-89)110-80)61-105-55-44-71(94)86-48-33-25-19-13-7-10-16-22-29-38-52-108-81-64(3)75(98)78(101)67(58-90)111-81;1-5(2,3)4/h62-67,73-81,88-90,96-101H,5-61H2,1-4H3,(H,83,91)(H,84,92)(H,85,93)(H,86,94)(H,87,95);1-4H3/t62?,63?,64?,65?,66?,67?,73-,74-,75-,76+,77+,78+,79-,80-,81-,82?;/m1./s1. The molecule has 3 aliphatic heterocycles. The monoisotopic (exact) mass is 1670 g/mol. The van der Waals surface area contributed by atoms with Gasteiger partial charge >= 0.3 is 0 Å². The molecule has 3 fully saturated rings. The van der Waals surface area contributed by atoms with E-state index in [0.29, 0.717) is 58.0 Å². The van der Waals surface area contributed by atoms with Gasteiger partial charge in [0.1, 0.15) is 42.2 Å². The normalized spacial score (nSPS) is 24.1. The van der Waals surface area contributed by atoms with Gasteiger partial charge in [0.05, 0.1) is 77.8 Å². The van der Waals surface area contributed by atoms with Gasteiger partial charge in [-0.2, -0.15) is 0 Å². The Balaban J connectivity index is 0.00000883. The summed E-state index contributed by atoms with van der Waals surface area (Å²) >= 11 is 0. The summed E-state index contributed by atoms with van der Waals surface area (Å²) < 4.78 is 58.2. The molecule has 3 heterocycles. The molecule has 0 radical (unpaired) electrons. The Kier molecular flexibility index (Phi) is 64.7. The van der Waals surface area contributed by atoms with Gasteiger partial charge in [-0.1, -0.05) is 215 Å². The minimum absolute atomic E-state index is 0.0243. The Labute approximate surface area is 697 Å². The molecule has 29 nitrogen and oxygen atoms in total. The van der Waals surface area contributed by atoms with E-state index in [1.54, 1.807) is 27.9 Å². The number of ether oxygens (including phenoxy) is 10. The van der Waals surface area contributed by atoms with E-state index in [2.05, 4.69) is 54.3 Å². The van der Waals surface area contributed by atoms with Crippen LogP contribution in [0.2, 0.25) is 0 Å². The Bertz CT molecular complexity index is 2190. The van der Waals surface area contributed by atoms with Gasteiger partial charge in [0.25, 0.3) is 0 Å². The van der Waals surface area contributed by atoms with E-state index in [0.717, 1.165) is 218 Å². The number of rotatable bonds is 72. The Morgan fingerprint density at radius 2 is 0.526 bits per heavy atom. The number of unbranched alkanes of at least 4 members (excludes halogenated alkanes) is 30.